The lowest BCUT2D eigenvalue weighted by atomic mass is 10.1. The lowest BCUT2D eigenvalue weighted by Crippen LogP contribution is -2.31. The zero-order valence-electron chi connectivity index (χ0n) is 13.1. The molecule has 3 nitrogen and oxygen atoms in total. The standard InChI is InChI=1S/C20H17NO2S/c22-20(15-6-9-18(10-7-15)23-19-12-24-13-19)21-17-8-5-14-3-1-2-4-16(14)11-17/h1-11,19H,12-13H2,(H,21,22). The molecule has 0 radical (unpaired) electrons. The van der Waals surface area contributed by atoms with Gasteiger partial charge in [-0.2, -0.15) is 11.8 Å². The van der Waals surface area contributed by atoms with Crippen molar-refractivity contribution in [3.63, 3.8) is 0 Å². The normalized spacial score (nSPS) is 14.2. The Hall–Kier alpha value is -2.46. The fourth-order valence-corrected chi connectivity index (χ4v) is 3.19. The second-order valence-electron chi connectivity index (χ2n) is 5.82. The van der Waals surface area contributed by atoms with Gasteiger partial charge >= 0.3 is 0 Å². The molecular formula is C20H17NO2S. The summed E-state index contributed by atoms with van der Waals surface area (Å²) in [4.78, 5) is 12.4. The number of ether oxygens (including phenoxy) is 1. The van der Waals surface area contributed by atoms with Gasteiger partial charge in [0, 0.05) is 22.8 Å². The quantitative estimate of drug-likeness (QED) is 0.758. The van der Waals surface area contributed by atoms with Crippen molar-refractivity contribution in [3.8, 4) is 5.75 Å². The number of hydrogen-bond acceptors (Lipinski definition) is 3. The largest absolute Gasteiger partial charge is 0.489 e. The van der Waals surface area contributed by atoms with E-state index in [4.69, 9.17) is 4.74 Å². The third kappa shape index (κ3) is 3.24. The van der Waals surface area contributed by atoms with Gasteiger partial charge in [0.15, 0.2) is 0 Å². The van der Waals surface area contributed by atoms with Gasteiger partial charge in [-0.15, -0.1) is 0 Å². The number of hydrogen-bond donors (Lipinski definition) is 1. The number of amides is 1. The summed E-state index contributed by atoms with van der Waals surface area (Å²) in [5, 5.41) is 5.22. The Kier molecular flexibility index (Phi) is 4.13. The molecule has 3 aromatic rings. The van der Waals surface area contributed by atoms with E-state index < -0.39 is 0 Å². The highest BCUT2D eigenvalue weighted by Gasteiger charge is 2.19. The lowest BCUT2D eigenvalue weighted by molar-refractivity contribution is 0.102. The molecule has 0 spiro atoms. The molecule has 0 aromatic heterocycles. The summed E-state index contributed by atoms with van der Waals surface area (Å²) in [5.74, 6) is 2.80. The molecule has 0 atom stereocenters. The van der Waals surface area contributed by atoms with Crippen LogP contribution in [0.1, 0.15) is 10.4 Å². The van der Waals surface area contributed by atoms with E-state index in [1.165, 1.54) is 0 Å². The highest BCUT2D eigenvalue weighted by atomic mass is 32.2. The van der Waals surface area contributed by atoms with E-state index >= 15 is 0 Å². The fourth-order valence-electron chi connectivity index (χ4n) is 2.63. The van der Waals surface area contributed by atoms with Crippen molar-refractivity contribution < 1.29 is 9.53 Å². The summed E-state index contributed by atoms with van der Waals surface area (Å²) in [7, 11) is 0. The van der Waals surface area contributed by atoms with Crippen molar-refractivity contribution in [2.45, 2.75) is 6.10 Å². The highest BCUT2D eigenvalue weighted by molar-refractivity contribution is 8.00. The second-order valence-corrected chi connectivity index (χ2v) is 6.89. The molecular weight excluding hydrogens is 318 g/mol. The van der Waals surface area contributed by atoms with Crippen molar-refractivity contribution in [3.05, 3.63) is 72.3 Å². The highest BCUT2D eigenvalue weighted by Crippen LogP contribution is 2.24. The molecule has 1 saturated heterocycles. The van der Waals surface area contributed by atoms with Crippen LogP contribution in [0.25, 0.3) is 10.8 Å². The zero-order chi connectivity index (χ0) is 16.4. The van der Waals surface area contributed by atoms with Crippen LogP contribution in [-0.4, -0.2) is 23.5 Å². The first-order valence-corrected chi connectivity index (χ1v) is 9.08. The average molecular weight is 335 g/mol. The Bertz CT molecular complexity index is 872. The first-order chi connectivity index (χ1) is 11.8. The fraction of sp³-hybridized carbons (Fsp3) is 0.150. The predicted molar refractivity (Wildman–Crippen MR) is 100 cm³/mol. The number of carbonyl (C=O) groups excluding carboxylic acids is 1. The smallest absolute Gasteiger partial charge is 0.255 e. The summed E-state index contributed by atoms with van der Waals surface area (Å²) in [5.41, 5.74) is 1.42. The van der Waals surface area contributed by atoms with Crippen molar-refractivity contribution in [1.29, 1.82) is 0 Å². The Balaban J connectivity index is 1.46. The Morgan fingerprint density at radius 3 is 2.42 bits per heavy atom. The molecule has 0 unspecified atom stereocenters. The van der Waals surface area contributed by atoms with Gasteiger partial charge in [0.05, 0.1) is 0 Å². The zero-order valence-corrected chi connectivity index (χ0v) is 13.9. The van der Waals surface area contributed by atoms with Crippen LogP contribution in [0.5, 0.6) is 5.75 Å². The Labute approximate surface area is 145 Å². The molecule has 1 heterocycles. The van der Waals surface area contributed by atoms with Gasteiger partial charge in [-0.1, -0.05) is 30.3 Å². The monoisotopic (exact) mass is 335 g/mol. The molecule has 1 aliphatic rings. The molecule has 1 fully saturated rings. The van der Waals surface area contributed by atoms with Gasteiger partial charge in [-0.25, -0.2) is 0 Å². The first kappa shape index (κ1) is 15.1. The summed E-state index contributed by atoms with van der Waals surface area (Å²) >= 11 is 1.89. The third-order valence-electron chi connectivity index (χ3n) is 4.03. The first-order valence-electron chi connectivity index (χ1n) is 7.92. The molecule has 24 heavy (non-hydrogen) atoms. The van der Waals surface area contributed by atoms with E-state index in [1.54, 1.807) is 12.1 Å². The number of carbonyl (C=O) groups is 1. The van der Waals surface area contributed by atoms with E-state index in [1.807, 2.05) is 60.3 Å². The SMILES string of the molecule is O=C(Nc1ccc2ccccc2c1)c1ccc(OC2CSC2)cc1. The van der Waals surface area contributed by atoms with Crippen molar-refractivity contribution in [2.24, 2.45) is 0 Å². The topological polar surface area (TPSA) is 38.3 Å². The summed E-state index contributed by atoms with van der Waals surface area (Å²) in [6, 6.07) is 21.3. The number of fused-ring (bicyclic) bond motifs is 1. The van der Waals surface area contributed by atoms with Crippen molar-refractivity contribution in [1.82, 2.24) is 0 Å². The van der Waals surface area contributed by atoms with E-state index in [2.05, 4.69) is 11.4 Å². The maximum Gasteiger partial charge on any atom is 0.255 e. The molecule has 4 rings (SSSR count). The Morgan fingerprint density at radius 1 is 0.958 bits per heavy atom. The van der Waals surface area contributed by atoms with Crippen LogP contribution < -0.4 is 10.1 Å². The van der Waals surface area contributed by atoms with Crippen molar-refractivity contribution >= 4 is 34.1 Å². The van der Waals surface area contributed by atoms with E-state index in [9.17, 15) is 4.79 Å². The third-order valence-corrected chi connectivity index (χ3v) is 5.25. The van der Waals surface area contributed by atoms with Crippen molar-refractivity contribution in [2.75, 3.05) is 16.8 Å². The molecule has 0 bridgehead atoms. The van der Waals surface area contributed by atoms with E-state index in [0.29, 0.717) is 11.7 Å². The molecule has 0 saturated carbocycles. The summed E-state index contributed by atoms with van der Waals surface area (Å²) < 4.78 is 5.80. The van der Waals surface area contributed by atoms with Crippen LogP contribution >= 0.6 is 11.8 Å². The predicted octanol–water partition coefficient (Wildman–Crippen LogP) is 4.59. The van der Waals surface area contributed by atoms with Crippen LogP contribution in [0.15, 0.2) is 66.7 Å². The van der Waals surface area contributed by atoms with Gasteiger partial charge in [0.25, 0.3) is 5.91 Å². The maximum atomic E-state index is 12.4. The number of anilines is 1. The minimum Gasteiger partial charge on any atom is -0.489 e. The molecule has 1 N–H and O–H groups in total. The molecule has 3 aromatic carbocycles. The minimum absolute atomic E-state index is 0.115. The molecule has 120 valence electrons. The number of benzene rings is 3. The van der Waals surface area contributed by atoms with Gasteiger partial charge in [0.2, 0.25) is 0 Å². The van der Waals surface area contributed by atoms with Crippen LogP contribution in [0.3, 0.4) is 0 Å². The molecule has 1 aliphatic heterocycles. The van der Waals surface area contributed by atoms with E-state index in [0.717, 1.165) is 33.7 Å². The minimum atomic E-state index is -0.115. The van der Waals surface area contributed by atoms with Gasteiger partial charge in [-0.3, -0.25) is 4.79 Å². The van der Waals surface area contributed by atoms with Gasteiger partial charge in [0.1, 0.15) is 11.9 Å². The van der Waals surface area contributed by atoms with E-state index in [-0.39, 0.29) is 5.91 Å². The molecule has 0 aliphatic carbocycles. The number of nitrogens with one attached hydrogen (secondary N) is 1. The van der Waals surface area contributed by atoms with Crippen LogP contribution in [0.2, 0.25) is 0 Å². The van der Waals surface area contributed by atoms with Gasteiger partial charge in [-0.05, 0) is 47.2 Å². The summed E-state index contributed by atoms with van der Waals surface area (Å²) in [6.07, 6.45) is 0.312. The maximum absolute atomic E-state index is 12.4. The van der Waals surface area contributed by atoms with Crippen LogP contribution in [0, 0.1) is 0 Å². The van der Waals surface area contributed by atoms with Crippen LogP contribution in [0.4, 0.5) is 5.69 Å². The Morgan fingerprint density at radius 2 is 1.71 bits per heavy atom. The average Bonchev–Trinajstić information content (AvgIpc) is 2.58. The second kappa shape index (κ2) is 6.57. The summed E-state index contributed by atoms with van der Waals surface area (Å²) in [6.45, 7) is 0. The molecule has 1 amide bonds. The lowest BCUT2D eigenvalue weighted by Gasteiger charge is -2.25. The molecule has 4 heteroatoms. The number of rotatable bonds is 4. The van der Waals surface area contributed by atoms with Crippen LogP contribution in [-0.2, 0) is 0 Å². The number of thioether (sulfide) groups is 1. The van der Waals surface area contributed by atoms with Gasteiger partial charge < -0.3 is 10.1 Å².